The van der Waals surface area contributed by atoms with Gasteiger partial charge in [0.05, 0.1) is 6.20 Å². The van der Waals surface area contributed by atoms with Gasteiger partial charge in [-0.2, -0.15) is 5.10 Å². The Labute approximate surface area is 138 Å². The number of hydrogen-bond acceptors (Lipinski definition) is 5. The number of fused-ring (bicyclic) bond motifs is 1. The standard InChI is InChI=1S/C16H17N5OS/c1-12-18-21-11-14(17-16(21)23-12)15(22)20-9-7-19(8-10-20)13-5-3-2-4-6-13/h2-6,11H,7-10H2,1H3. The molecule has 1 fully saturated rings. The average Bonchev–Trinajstić information content (AvgIpc) is 3.12. The Balaban J connectivity index is 1.45. The van der Waals surface area contributed by atoms with Crippen molar-refractivity contribution in [1.82, 2.24) is 19.5 Å². The van der Waals surface area contributed by atoms with Gasteiger partial charge in [-0.15, -0.1) is 0 Å². The quantitative estimate of drug-likeness (QED) is 0.723. The number of aryl methyl sites for hydroxylation is 1. The van der Waals surface area contributed by atoms with Crippen LogP contribution in [0.15, 0.2) is 36.5 Å². The predicted octanol–water partition coefficient (Wildman–Crippen LogP) is 2.06. The fraction of sp³-hybridized carbons (Fsp3) is 0.312. The molecule has 0 N–H and O–H groups in total. The van der Waals surface area contributed by atoms with Crippen molar-refractivity contribution >= 4 is 27.9 Å². The van der Waals surface area contributed by atoms with Crippen molar-refractivity contribution in [2.75, 3.05) is 31.1 Å². The summed E-state index contributed by atoms with van der Waals surface area (Å²) in [5, 5.41) is 5.25. The van der Waals surface area contributed by atoms with Crippen molar-refractivity contribution in [3.8, 4) is 0 Å². The Morgan fingerprint density at radius 2 is 1.87 bits per heavy atom. The first kappa shape index (κ1) is 14.2. The molecule has 3 heterocycles. The van der Waals surface area contributed by atoms with E-state index in [1.807, 2.05) is 30.0 Å². The zero-order chi connectivity index (χ0) is 15.8. The number of amides is 1. The minimum absolute atomic E-state index is 0.00642. The SMILES string of the molecule is Cc1nn2cc(C(=O)N3CCN(c4ccccc4)CC3)nc2s1. The summed E-state index contributed by atoms with van der Waals surface area (Å²) in [7, 11) is 0. The molecule has 1 aliphatic rings. The molecule has 0 bridgehead atoms. The van der Waals surface area contributed by atoms with Gasteiger partial charge in [-0.25, -0.2) is 9.50 Å². The molecule has 1 aromatic carbocycles. The van der Waals surface area contributed by atoms with Gasteiger partial charge in [-0.05, 0) is 19.1 Å². The Kier molecular flexibility index (Phi) is 3.49. The third kappa shape index (κ3) is 2.68. The van der Waals surface area contributed by atoms with E-state index in [9.17, 15) is 4.79 Å². The number of anilines is 1. The maximum atomic E-state index is 12.6. The van der Waals surface area contributed by atoms with Crippen LogP contribution in [0.1, 0.15) is 15.5 Å². The van der Waals surface area contributed by atoms with Crippen molar-refractivity contribution in [3.63, 3.8) is 0 Å². The number of imidazole rings is 1. The number of para-hydroxylation sites is 1. The van der Waals surface area contributed by atoms with E-state index in [4.69, 9.17) is 0 Å². The smallest absolute Gasteiger partial charge is 0.274 e. The molecular weight excluding hydrogens is 310 g/mol. The monoisotopic (exact) mass is 327 g/mol. The van der Waals surface area contributed by atoms with Crippen LogP contribution in [0.2, 0.25) is 0 Å². The van der Waals surface area contributed by atoms with Crippen molar-refractivity contribution < 1.29 is 4.79 Å². The Morgan fingerprint density at radius 1 is 1.13 bits per heavy atom. The summed E-state index contributed by atoms with van der Waals surface area (Å²) < 4.78 is 1.69. The number of piperazine rings is 1. The summed E-state index contributed by atoms with van der Waals surface area (Å²) in [6, 6.07) is 10.3. The van der Waals surface area contributed by atoms with Crippen molar-refractivity contribution in [1.29, 1.82) is 0 Å². The second kappa shape index (κ2) is 5.66. The normalized spacial score (nSPS) is 15.3. The first-order chi connectivity index (χ1) is 11.2. The summed E-state index contributed by atoms with van der Waals surface area (Å²) in [6.07, 6.45) is 1.73. The van der Waals surface area contributed by atoms with E-state index < -0.39 is 0 Å². The second-order valence-corrected chi connectivity index (χ2v) is 6.75. The van der Waals surface area contributed by atoms with Gasteiger partial charge in [0, 0.05) is 31.9 Å². The van der Waals surface area contributed by atoms with Crippen LogP contribution in [0.4, 0.5) is 5.69 Å². The maximum Gasteiger partial charge on any atom is 0.274 e. The molecule has 2 aromatic heterocycles. The molecule has 0 spiro atoms. The van der Waals surface area contributed by atoms with Gasteiger partial charge in [0.1, 0.15) is 10.7 Å². The van der Waals surface area contributed by atoms with Gasteiger partial charge in [-0.1, -0.05) is 29.5 Å². The lowest BCUT2D eigenvalue weighted by molar-refractivity contribution is 0.0741. The predicted molar refractivity (Wildman–Crippen MR) is 90.2 cm³/mol. The highest BCUT2D eigenvalue weighted by molar-refractivity contribution is 7.16. The van der Waals surface area contributed by atoms with Crippen molar-refractivity contribution in [2.45, 2.75) is 6.92 Å². The van der Waals surface area contributed by atoms with Crippen LogP contribution in [0.25, 0.3) is 4.96 Å². The van der Waals surface area contributed by atoms with E-state index in [-0.39, 0.29) is 5.91 Å². The maximum absolute atomic E-state index is 12.6. The molecule has 0 atom stereocenters. The molecule has 1 amide bonds. The van der Waals surface area contributed by atoms with Gasteiger partial charge in [-0.3, -0.25) is 4.79 Å². The van der Waals surface area contributed by atoms with E-state index in [0.717, 1.165) is 23.1 Å². The largest absolute Gasteiger partial charge is 0.368 e. The Morgan fingerprint density at radius 3 is 2.57 bits per heavy atom. The molecular formula is C16H17N5OS. The van der Waals surface area contributed by atoms with Gasteiger partial charge < -0.3 is 9.80 Å². The minimum atomic E-state index is -0.00642. The molecule has 0 aliphatic carbocycles. The summed E-state index contributed by atoms with van der Waals surface area (Å²) in [6.45, 7) is 5.05. The van der Waals surface area contributed by atoms with Gasteiger partial charge >= 0.3 is 0 Å². The van der Waals surface area contributed by atoms with Crippen LogP contribution < -0.4 is 4.90 Å². The number of nitrogens with zero attached hydrogens (tertiary/aromatic N) is 5. The van der Waals surface area contributed by atoms with Crippen LogP contribution >= 0.6 is 11.3 Å². The zero-order valence-electron chi connectivity index (χ0n) is 12.8. The molecule has 1 aliphatic heterocycles. The Hall–Kier alpha value is -2.41. The Bertz CT molecular complexity index is 801. The first-order valence-corrected chi connectivity index (χ1v) is 8.44. The van der Waals surface area contributed by atoms with E-state index in [2.05, 4.69) is 27.1 Å². The molecule has 0 unspecified atom stereocenters. The van der Waals surface area contributed by atoms with Crippen LogP contribution in [0.5, 0.6) is 0 Å². The number of aromatic nitrogens is 3. The highest BCUT2D eigenvalue weighted by Crippen LogP contribution is 2.18. The van der Waals surface area contributed by atoms with Crippen LogP contribution in [-0.4, -0.2) is 51.6 Å². The van der Waals surface area contributed by atoms with Crippen molar-refractivity contribution in [3.05, 3.63) is 47.2 Å². The van der Waals surface area contributed by atoms with Crippen LogP contribution in [0.3, 0.4) is 0 Å². The molecule has 118 valence electrons. The lowest BCUT2D eigenvalue weighted by Crippen LogP contribution is -2.48. The van der Waals surface area contributed by atoms with Gasteiger partial charge in [0.15, 0.2) is 0 Å². The highest BCUT2D eigenvalue weighted by atomic mass is 32.1. The molecule has 7 heteroatoms. The topological polar surface area (TPSA) is 53.7 Å². The molecule has 0 saturated carbocycles. The fourth-order valence-corrected chi connectivity index (χ4v) is 3.60. The number of carbonyl (C=O) groups excluding carboxylic acids is 1. The number of rotatable bonds is 2. The summed E-state index contributed by atoms with van der Waals surface area (Å²) in [5.74, 6) is -0.00642. The third-order valence-electron chi connectivity index (χ3n) is 4.05. The first-order valence-electron chi connectivity index (χ1n) is 7.63. The summed E-state index contributed by atoms with van der Waals surface area (Å²) in [4.78, 5) is 22.0. The van der Waals surface area contributed by atoms with Gasteiger partial charge in [0.2, 0.25) is 4.96 Å². The van der Waals surface area contributed by atoms with Crippen LogP contribution in [-0.2, 0) is 0 Å². The molecule has 23 heavy (non-hydrogen) atoms. The second-order valence-electron chi connectivity index (χ2n) is 5.59. The van der Waals surface area contributed by atoms with E-state index in [1.165, 1.54) is 17.0 Å². The summed E-state index contributed by atoms with van der Waals surface area (Å²) >= 11 is 1.50. The number of hydrogen-bond donors (Lipinski definition) is 0. The van der Waals surface area contributed by atoms with E-state index in [1.54, 1.807) is 10.7 Å². The molecule has 6 nitrogen and oxygen atoms in total. The fourth-order valence-electron chi connectivity index (χ4n) is 2.87. The molecule has 3 aromatic rings. The lowest BCUT2D eigenvalue weighted by atomic mass is 10.2. The molecule has 4 rings (SSSR count). The highest BCUT2D eigenvalue weighted by Gasteiger charge is 2.24. The molecule has 0 radical (unpaired) electrons. The average molecular weight is 327 g/mol. The number of carbonyl (C=O) groups is 1. The zero-order valence-corrected chi connectivity index (χ0v) is 13.7. The van der Waals surface area contributed by atoms with Crippen LogP contribution in [0, 0.1) is 6.92 Å². The van der Waals surface area contributed by atoms with Gasteiger partial charge in [0.25, 0.3) is 5.91 Å². The van der Waals surface area contributed by atoms with Crippen molar-refractivity contribution in [2.24, 2.45) is 0 Å². The van der Waals surface area contributed by atoms with E-state index >= 15 is 0 Å². The lowest BCUT2D eigenvalue weighted by Gasteiger charge is -2.35. The number of benzene rings is 1. The minimum Gasteiger partial charge on any atom is -0.368 e. The summed E-state index contributed by atoms with van der Waals surface area (Å²) in [5.41, 5.74) is 1.69. The van der Waals surface area contributed by atoms with E-state index in [0.29, 0.717) is 18.8 Å². The molecule has 1 saturated heterocycles. The third-order valence-corrected chi connectivity index (χ3v) is 4.89.